The van der Waals surface area contributed by atoms with Gasteiger partial charge in [-0.25, -0.2) is 32.9 Å². The number of rotatable bonds is 40. The van der Waals surface area contributed by atoms with E-state index in [4.69, 9.17) is 68.8 Å². The normalized spacial score (nSPS) is 16.2. The van der Waals surface area contributed by atoms with E-state index in [2.05, 4.69) is 41.4 Å². The summed E-state index contributed by atoms with van der Waals surface area (Å²) in [5.41, 5.74) is 8.46. The average Bonchev–Trinajstić information content (AvgIpc) is 1.22. The number of nitrogens with one attached hydrogen (secondary N) is 4. The number of alkyl carbamates (subject to hydrolysis) is 2. The second-order valence-electron chi connectivity index (χ2n) is 21.3. The molecule has 6 rings (SSSR count). The van der Waals surface area contributed by atoms with Crippen LogP contribution in [-0.2, 0) is 80.2 Å². The number of fused-ring (bicyclic) bond motifs is 2. The minimum absolute atomic E-state index is 0.00102. The number of aromatic carboxylic acids is 1. The van der Waals surface area contributed by atoms with Crippen LogP contribution in [0.1, 0.15) is 79.0 Å². The third-order valence-corrected chi connectivity index (χ3v) is 24.2. The molecule has 47 heteroatoms. The van der Waals surface area contributed by atoms with E-state index in [1.165, 1.54) is 56.8 Å². The first kappa shape index (κ1) is 84.0. The van der Waals surface area contributed by atoms with E-state index in [9.17, 15) is 78.5 Å². The van der Waals surface area contributed by atoms with Crippen molar-refractivity contribution in [2.45, 2.75) is 79.4 Å². The van der Waals surface area contributed by atoms with Crippen LogP contribution in [0.25, 0.3) is 33.4 Å². The van der Waals surface area contributed by atoms with Crippen LogP contribution >= 0.6 is 66.6 Å². The summed E-state index contributed by atoms with van der Waals surface area (Å²) in [5.74, 6) is 3.28. The molecule has 1 fully saturated rings. The Kier molecular flexibility index (Phi) is 31.8. The fourth-order valence-corrected chi connectivity index (χ4v) is 17.1. The maximum Gasteiger partial charge on any atom is 0.490 e. The van der Waals surface area contributed by atoms with E-state index >= 15 is 0 Å². The number of carbonyl (C=O) groups excluding carboxylic acids is 3. The van der Waals surface area contributed by atoms with Crippen LogP contribution in [0, 0.1) is 17.3 Å². The molecule has 15 N–H and O–H groups in total. The van der Waals surface area contributed by atoms with Crippen LogP contribution < -0.4 is 38.5 Å². The average molecular weight is 1600 g/mol. The number of nitrogens with two attached hydrogens (primary N) is 2. The van der Waals surface area contributed by atoms with Gasteiger partial charge in [-0.2, -0.15) is 30.4 Å². The number of unbranched alkanes of at least 4 members (excludes halogenated alkanes) is 1. The van der Waals surface area contributed by atoms with Gasteiger partial charge in [-0.3, -0.25) is 28.4 Å². The van der Waals surface area contributed by atoms with Crippen molar-refractivity contribution in [2.75, 3.05) is 102 Å². The van der Waals surface area contributed by atoms with E-state index in [-0.39, 0.29) is 115 Å². The summed E-state index contributed by atoms with van der Waals surface area (Å²) in [5, 5.41) is 25.1. The molecule has 0 bridgehead atoms. The van der Waals surface area contributed by atoms with Gasteiger partial charge in [-0.15, -0.1) is 0 Å². The number of carbonyl (C=O) groups is 4. The van der Waals surface area contributed by atoms with Crippen LogP contribution in [0.2, 0.25) is 0 Å². The molecule has 558 valence electrons. The largest absolute Gasteiger partial charge is 0.490 e. The van der Waals surface area contributed by atoms with Crippen molar-refractivity contribution < 1.29 is 134 Å². The van der Waals surface area contributed by atoms with Crippen LogP contribution in [0.15, 0.2) is 67.7 Å². The molecule has 0 radical (unpaired) electrons. The number of aromatic nitrogens is 2. The van der Waals surface area contributed by atoms with Gasteiger partial charge in [0, 0.05) is 64.9 Å². The fraction of sp³-hybridized carbons (Fsp3) is 0.463. The maximum atomic E-state index is 13.4. The zero-order chi connectivity index (χ0) is 74.5. The summed E-state index contributed by atoms with van der Waals surface area (Å²) in [4.78, 5) is 102. The molecule has 0 spiro atoms. The van der Waals surface area contributed by atoms with Crippen LogP contribution in [0.5, 0.6) is 0 Å². The lowest BCUT2D eigenvalue weighted by atomic mass is 9.89. The summed E-state index contributed by atoms with van der Waals surface area (Å²) < 4.78 is 163. The SMILES string of the molecule is CCSSCO[C@@H]1C[C@H](n2cc(C#CCNC(=O)OCCCCOCSSC(C)(C)CCOC(=O)NCCOCCOCCNC(=O)c3ccc(C(=O)O)c(-c4c5ccc(=N)c(S(=O)(=O)O)c-5oc5c(S(=O)(=O)O)c(N)ccc45)c3)c(N)nc2=O)OC1COP(=O)(O)OP(=O)(O)OP(=O)(O)O. The smallest absolute Gasteiger partial charge is 0.478 e. The van der Waals surface area contributed by atoms with Crippen molar-refractivity contribution in [2.24, 2.45) is 0 Å². The number of carboxylic acid groups (broad SMARTS) is 1. The van der Waals surface area contributed by atoms with Crippen LogP contribution in [-0.4, -0.2) is 191 Å². The summed E-state index contributed by atoms with van der Waals surface area (Å²) >= 11 is 0. The Bertz CT molecular complexity index is 4330. The van der Waals surface area contributed by atoms with Crippen molar-refractivity contribution >= 4 is 133 Å². The Morgan fingerprint density at radius 1 is 0.802 bits per heavy atom. The van der Waals surface area contributed by atoms with E-state index in [1.54, 1.807) is 10.8 Å². The number of benzene rings is 3. The number of nitrogens with zero attached hydrogens (tertiary/aromatic N) is 2. The van der Waals surface area contributed by atoms with Gasteiger partial charge in [0.1, 0.15) is 30.0 Å². The first-order chi connectivity index (χ1) is 47.4. The minimum Gasteiger partial charge on any atom is -0.478 e. The fourth-order valence-electron chi connectivity index (χ4n) is 8.98. The monoisotopic (exact) mass is 1600 g/mol. The molecule has 3 aliphatic rings. The lowest BCUT2D eigenvalue weighted by Gasteiger charge is -2.22. The summed E-state index contributed by atoms with van der Waals surface area (Å²) in [6, 6.07) is 7.82. The molecule has 3 amide bonds. The quantitative estimate of drug-likeness (QED) is 0.00334. The molecule has 3 heterocycles. The molecule has 1 saturated heterocycles. The highest BCUT2D eigenvalue weighted by atomic mass is 33.1. The second-order valence-corrected chi connectivity index (χ2v) is 34.1. The van der Waals surface area contributed by atoms with Crippen molar-refractivity contribution in [1.82, 2.24) is 25.5 Å². The number of amides is 3. The topological polar surface area (TPSA) is 582 Å². The van der Waals surface area contributed by atoms with Gasteiger partial charge in [-0.1, -0.05) is 61.9 Å². The van der Waals surface area contributed by atoms with Crippen LogP contribution in [0.4, 0.5) is 21.1 Å². The molecular formula is C54H71N8O30P3S6. The summed E-state index contributed by atoms with van der Waals surface area (Å²) in [7, 11) is -21.7. The van der Waals surface area contributed by atoms with Crippen molar-refractivity contribution in [1.29, 1.82) is 5.41 Å². The van der Waals surface area contributed by atoms with E-state index < -0.39 is 136 Å². The van der Waals surface area contributed by atoms with Gasteiger partial charge in [-0.05, 0) is 81.1 Å². The molecule has 2 aliphatic heterocycles. The number of anilines is 2. The molecule has 1 aromatic heterocycles. The first-order valence-corrected chi connectivity index (χ1v) is 41.6. The number of carboxylic acids is 1. The van der Waals surface area contributed by atoms with E-state index in [0.717, 1.165) is 34.6 Å². The molecule has 5 atom stereocenters. The highest BCUT2D eigenvalue weighted by molar-refractivity contribution is 8.77. The first-order valence-electron chi connectivity index (χ1n) is 29.4. The van der Waals surface area contributed by atoms with Crippen LogP contribution in [0.3, 0.4) is 0 Å². The molecule has 1 aliphatic carbocycles. The number of nitrogen functional groups attached to an aromatic ring is 2. The van der Waals surface area contributed by atoms with Gasteiger partial charge in [0.2, 0.25) is 0 Å². The van der Waals surface area contributed by atoms with E-state index in [0.29, 0.717) is 31.8 Å². The van der Waals surface area contributed by atoms with Crippen molar-refractivity contribution in [3.63, 3.8) is 0 Å². The standard InChI is InChI=1S/C54H71N8O30P3S6/c1-4-96-97-31-87-40-27-42(89-41(40)29-88-94(72,73)92-95(74,75)91-93(69,70)71)62-28-33(48(57)61-51(62)66)8-7-16-59-52(67)85-20-6-5-19-84-30-98-99-54(2,3)15-21-86-53(68)60-18-23-83-25-24-82-22-17-58-49(63)32-9-10-34(50(64)65)37(26-32)43-35-11-13-38(55)46(100(76,77)78)44(35)90-45-36(43)12-14-39(56)47(45)101(79,80)81/h9-14,26,28,40-42,55H,4-6,15-25,27,29-31,56H2,1-3H3,(H,58,63)(H,59,67)(H,60,68)(H,64,65)(H,72,73)(H,74,75)(H2,57,61,66)(H2,69,70,71)(H,76,77,78)(H,79,80,81)/t40-,41?,42-/m1/s1. The molecule has 101 heavy (non-hydrogen) atoms. The predicted molar refractivity (Wildman–Crippen MR) is 365 cm³/mol. The van der Waals surface area contributed by atoms with E-state index in [1.807, 2.05) is 20.8 Å². The van der Waals surface area contributed by atoms with Gasteiger partial charge < -0.3 is 89.7 Å². The third kappa shape index (κ3) is 26.6. The van der Waals surface area contributed by atoms with Gasteiger partial charge >= 0.3 is 47.3 Å². The Morgan fingerprint density at radius 2 is 1.48 bits per heavy atom. The lowest BCUT2D eigenvalue weighted by Crippen LogP contribution is -2.30. The summed E-state index contributed by atoms with van der Waals surface area (Å²) in [6.45, 7) is 5.80. The number of phosphoric ester groups is 1. The highest BCUT2D eigenvalue weighted by Gasteiger charge is 2.44. The zero-order valence-corrected chi connectivity index (χ0v) is 61.0. The molecular weight excluding hydrogens is 1530 g/mol. The molecule has 2 aromatic carbocycles. The Hall–Kier alpha value is -5.92. The van der Waals surface area contributed by atoms with Crippen molar-refractivity contribution in [3.05, 3.63) is 81.2 Å². The number of hydrogen-bond donors (Lipinski definition) is 13. The maximum absolute atomic E-state index is 13.4. The third-order valence-electron chi connectivity index (χ3n) is 13.3. The lowest BCUT2D eigenvalue weighted by molar-refractivity contribution is -0.0543. The van der Waals surface area contributed by atoms with Crippen molar-refractivity contribution in [3.8, 4) is 34.3 Å². The number of phosphoric acid groups is 3. The Balaban J connectivity index is 0.813. The highest BCUT2D eigenvalue weighted by Crippen LogP contribution is 2.66. The molecule has 38 nitrogen and oxygen atoms in total. The number of hydrogen-bond acceptors (Lipinski definition) is 31. The van der Waals surface area contributed by atoms with Gasteiger partial charge in [0.25, 0.3) is 26.1 Å². The van der Waals surface area contributed by atoms with Gasteiger partial charge in [0.05, 0.1) is 81.1 Å². The minimum atomic E-state index is -5.80. The second kappa shape index (κ2) is 38.2. The Morgan fingerprint density at radius 3 is 2.15 bits per heavy atom. The summed E-state index contributed by atoms with van der Waals surface area (Å²) in [6.07, 6.45) is -1.94. The molecule has 0 saturated carbocycles. The Labute approximate surface area is 591 Å². The number of ether oxygens (including phenoxy) is 7. The van der Waals surface area contributed by atoms with Gasteiger partial charge in [0.15, 0.2) is 21.1 Å². The molecule has 3 unspecified atom stereocenters. The predicted octanol–water partition coefficient (Wildman–Crippen LogP) is 5.54. The molecule has 3 aromatic rings. The zero-order valence-electron chi connectivity index (χ0n) is 53.4.